The highest BCUT2D eigenvalue weighted by atomic mass is 16.6. The number of hydrogen-bond acceptors (Lipinski definition) is 5. The minimum Gasteiger partial charge on any atom is -0.504 e. The lowest BCUT2D eigenvalue weighted by Crippen LogP contribution is -1.91. The first-order valence-electron chi connectivity index (χ1n) is 4.32. The number of carboxylic acids is 1. The number of aromatic hydroxyl groups is 1. The Morgan fingerprint density at radius 3 is 2.75 bits per heavy atom. The van der Waals surface area contributed by atoms with Crippen LogP contribution in [0.4, 0.5) is 0 Å². The molecule has 0 fully saturated rings. The van der Waals surface area contributed by atoms with Gasteiger partial charge in [-0.15, -0.1) is 0 Å². The predicted molar refractivity (Wildman–Crippen MR) is 51.6 cm³/mol. The fourth-order valence-corrected chi connectivity index (χ4v) is 1.04. The Labute approximate surface area is 89.7 Å². The van der Waals surface area contributed by atoms with E-state index in [1.807, 2.05) is 0 Å². The van der Waals surface area contributed by atoms with E-state index in [0.717, 1.165) is 6.20 Å². The molecule has 0 aliphatic carbocycles. The maximum absolute atomic E-state index is 10.5. The monoisotopic (exact) mass is 221 g/mol. The second-order valence-corrected chi connectivity index (χ2v) is 2.87. The summed E-state index contributed by atoms with van der Waals surface area (Å²) in [7, 11) is 0. The number of ether oxygens (including phenoxy) is 1. The van der Waals surface area contributed by atoms with Crippen molar-refractivity contribution in [2.24, 2.45) is 0 Å². The van der Waals surface area contributed by atoms with Crippen molar-refractivity contribution in [3.8, 4) is 17.6 Å². The lowest BCUT2D eigenvalue weighted by atomic mass is 10.3. The van der Waals surface area contributed by atoms with Crippen LogP contribution < -0.4 is 4.74 Å². The van der Waals surface area contributed by atoms with E-state index >= 15 is 0 Å². The van der Waals surface area contributed by atoms with E-state index < -0.39 is 5.97 Å². The topological polar surface area (TPSA) is 92.8 Å². The van der Waals surface area contributed by atoms with E-state index in [1.165, 1.54) is 12.1 Å². The van der Waals surface area contributed by atoms with Crippen LogP contribution in [-0.2, 0) is 0 Å². The van der Waals surface area contributed by atoms with E-state index in [2.05, 4.69) is 4.98 Å². The molecule has 0 aliphatic rings. The lowest BCUT2D eigenvalue weighted by Gasteiger charge is -2.01. The number of benzene rings is 1. The van der Waals surface area contributed by atoms with Crippen molar-refractivity contribution in [3.05, 3.63) is 36.2 Å². The van der Waals surface area contributed by atoms with Gasteiger partial charge in [0, 0.05) is 0 Å². The highest BCUT2D eigenvalue weighted by Gasteiger charge is 2.13. The van der Waals surface area contributed by atoms with Crippen molar-refractivity contribution < 1.29 is 24.2 Å². The van der Waals surface area contributed by atoms with E-state index in [1.54, 1.807) is 12.1 Å². The Morgan fingerprint density at radius 1 is 1.38 bits per heavy atom. The molecule has 0 amide bonds. The van der Waals surface area contributed by atoms with Gasteiger partial charge in [0.1, 0.15) is 0 Å². The van der Waals surface area contributed by atoms with Crippen LogP contribution in [0.3, 0.4) is 0 Å². The normalized spacial score (nSPS) is 10.0. The van der Waals surface area contributed by atoms with E-state index in [-0.39, 0.29) is 23.3 Å². The molecule has 0 saturated carbocycles. The number of phenolic OH excluding ortho intramolecular Hbond substituents is 1. The van der Waals surface area contributed by atoms with Crippen LogP contribution in [0, 0.1) is 0 Å². The third-order valence-electron chi connectivity index (χ3n) is 1.76. The van der Waals surface area contributed by atoms with Crippen LogP contribution in [0.2, 0.25) is 0 Å². The highest BCUT2D eigenvalue weighted by molar-refractivity contribution is 5.83. The number of para-hydroxylation sites is 2. The highest BCUT2D eigenvalue weighted by Crippen LogP contribution is 2.29. The maximum Gasteiger partial charge on any atom is 0.400 e. The zero-order chi connectivity index (χ0) is 11.5. The Balaban J connectivity index is 2.21. The maximum atomic E-state index is 10.5. The summed E-state index contributed by atoms with van der Waals surface area (Å²) in [6.07, 6.45) is 0.788. The lowest BCUT2D eigenvalue weighted by molar-refractivity contribution is 0.0657. The van der Waals surface area contributed by atoms with Gasteiger partial charge in [-0.1, -0.05) is 12.1 Å². The zero-order valence-corrected chi connectivity index (χ0v) is 7.95. The van der Waals surface area contributed by atoms with Crippen molar-refractivity contribution >= 4 is 5.97 Å². The molecule has 6 heteroatoms. The largest absolute Gasteiger partial charge is 0.504 e. The second-order valence-electron chi connectivity index (χ2n) is 2.87. The summed E-state index contributed by atoms with van der Waals surface area (Å²) >= 11 is 0. The number of aromatic nitrogens is 1. The molecule has 2 aromatic rings. The standard InChI is InChI=1S/C10H7NO5/c12-6-3-1-2-4-7(6)15-10-11-5-8(16-10)9(13)14/h1-5,12H,(H,13,14). The summed E-state index contributed by atoms with van der Waals surface area (Å²) in [4.78, 5) is 14.1. The van der Waals surface area contributed by atoms with Gasteiger partial charge < -0.3 is 19.4 Å². The number of oxazole rings is 1. The third kappa shape index (κ3) is 1.95. The zero-order valence-electron chi connectivity index (χ0n) is 7.95. The SMILES string of the molecule is O=C(O)c1cnc(Oc2ccccc2O)o1. The average molecular weight is 221 g/mol. The Hall–Kier alpha value is -2.50. The van der Waals surface area contributed by atoms with Crippen molar-refractivity contribution in [1.29, 1.82) is 0 Å². The van der Waals surface area contributed by atoms with Crippen LogP contribution in [0.15, 0.2) is 34.9 Å². The summed E-state index contributed by atoms with van der Waals surface area (Å²) in [5, 5.41) is 18.0. The van der Waals surface area contributed by atoms with Gasteiger partial charge in [0.05, 0.1) is 6.20 Å². The molecule has 0 atom stereocenters. The average Bonchev–Trinajstić information content (AvgIpc) is 2.70. The molecule has 2 N–H and O–H groups in total. The molecule has 0 aliphatic heterocycles. The number of hydrogen-bond donors (Lipinski definition) is 2. The number of aromatic carboxylic acids is 1. The van der Waals surface area contributed by atoms with E-state index in [9.17, 15) is 9.90 Å². The summed E-state index contributed by atoms with van der Waals surface area (Å²) in [6, 6.07) is 6.20. The molecule has 16 heavy (non-hydrogen) atoms. The van der Waals surface area contributed by atoms with Crippen molar-refractivity contribution in [1.82, 2.24) is 4.98 Å². The van der Waals surface area contributed by atoms with Gasteiger partial charge in [0.2, 0.25) is 5.76 Å². The van der Waals surface area contributed by atoms with Crippen LogP contribution >= 0.6 is 0 Å². The molecule has 1 aromatic carbocycles. The van der Waals surface area contributed by atoms with Gasteiger partial charge in [-0.2, -0.15) is 4.98 Å². The quantitative estimate of drug-likeness (QED) is 0.821. The van der Waals surface area contributed by atoms with Gasteiger partial charge in [-0.25, -0.2) is 4.79 Å². The summed E-state index contributed by atoms with van der Waals surface area (Å²) < 4.78 is 9.81. The summed E-state index contributed by atoms with van der Waals surface area (Å²) in [5.41, 5.74) is 0. The fraction of sp³-hybridized carbons (Fsp3) is 0. The van der Waals surface area contributed by atoms with E-state index in [0.29, 0.717) is 0 Å². The summed E-state index contributed by atoms with van der Waals surface area (Å²) in [6.45, 7) is 0. The molecule has 1 heterocycles. The molecule has 6 nitrogen and oxygen atoms in total. The van der Waals surface area contributed by atoms with Gasteiger partial charge in [-0.3, -0.25) is 0 Å². The number of phenols is 1. The Bertz CT molecular complexity index is 519. The minimum absolute atomic E-state index is 0.0856. The van der Waals surface area contributed by atoms with Gasteiger partial charge in [0.15, 0.2) is 11.5 Å². The predicted octanol–water partition coefficient (Wildman–Crippen LogP) is 1.87. The minimum atomic E-state index is -1.24. The van der Waals surface area contributed by atoms with Crippen LogP contribution in [-0.4, -0.2) is 21.2 Å². The summed E-state index contributed by atoms with van der Waals surface area (Å²) in [5.74, 6) is -1.51. The third-order valence-corrected chi connectivity index (χ3v) is 1.76. The van der Waals surface area contributed by atoms with Gasteiger partial charge in [-0.05, 0) is 12.1 Å². The number of carbonyl (C=O) groups is 1. The van der Waals surface area contributed by atoms with Crippen LogP contribution in [0.5, 0.6) is 17.6 Å². The fourth-order valence-electron chi connectivity index (χ4n) is 1.04. The van der Waals surface area contributed by atoms with Crippen molar-refractivity contribution in [3.63, 3.8) is 0 Å². The molecule has 82 valence electrons. The molecule has 0 saturated heterocycles. The number of carboxylic acid groups (broad SMARTS) is 1. The second kappa shape index (κ2) is 3.93. The number of rotatable bonds is 3. The molecular formula is C10H7NO5. The molecule has 1 aromatic heterocycles. The first kappa shape index (κ1) is 10.0. The molecule has 0 unspecified atom stereocenters. The first-order chi connectivity index (χ1) is 7.66. The molecular weight excluding hydrogens is 214 g/mol. The van der Waals surface area contributed by atoms with Gasteiger partial charge in [0.25, 0.3) is 0 Å². The molecule has 0 bridgehead atoms. The molecule has 0 radical (unpaired) electrons. The van der Waals surface area contributed by atoms with E-state index in [4.69, 9.17) is 14.3 Å². The smallest absolute Gasteiger partial charge is 0.400 e. The Kier molecular flexibility index (Phi) is 2.47. The molecule has 2 rings (SSSR count). The van der Waals surface area contributed by atoms with Crippen molar-refractivity contribution in [2.75, 3.05) is 0 Å². The number of nitrogens with zero attached hydrogens (tertiary/aromatic N) is 1. The first-order valence-corrected chi connectivity index (χ1v) is 4.32. The van der Waals surface area contributed by atoms with Crippen LogP contribution in [0.1, 0.15) is 10.6 Å². The molecule has 0 spiro atoms. The Morgan fingerprint density at radius 2 is 2.12 bits per heavy atom. The van der Waals surface area contributed by atoms with Crippen molar-refractivity contribution in [2.45, 2.75) is 0 Å². The van der Waals surface area contributed by atoms with Crippen LogP contribution in [0.25, 0.3) is 0 Å². The van der Waals surface area contributed by atoms with Gasteiger partial charge >= 0.3 is 12.0 Å².